The largest absolute Gasteiger partial charge is 0.389 e. The summed E-state index contributed by atoms with van der Waals surface area (Å²) < 4.78 is 1.40. The van der Waals surface area contributed by atoms with Crippen molar-refractivity contribution in [1.82, 2.24) is 25.1 Å². The average molecular weight is 324 g/mol. The van der Waals surface area contributed by atoms with Crippen LogP contribution >= 0.6 is 11.6 Å². The van der Waals surface area contributed by atoms with E-state index in [1.165, 1.54) is 11.0 Å². The van der Waals surface area contributed by atoms with Gasteiger partial charge in [-0.2, -0.15) is 4.68 Å². The predicted molar refractivity (Wildman–Crippen MR) is 82.0 cm³/mol. The molecule has 1 amide bonds. The highest BCUT2D eigenvalue weighted by atomic mass is 35.5. The number of likely N-dealkylation sites (N-methyl/N-ethyl adjacent to an activating group) is 1. The van der Waals surface area contributed by atoms with Crippen LogP contribution in [-0.2, 0) is 0 Å². The van der Waals surface area contributed by atoms with Gasteiger partial charge in [0.2, 0.25) is 0 Å². The maximum atomic E-state index is 12.8. The lowest BCUT2D eigenvalue weighted by atomic mass is 10.1. The Hall–Kier alpha value is -1.99. The van der Waals surface area contributed by atoms with E-state index < -0.39 is 5.60 Å². The van der Waals surface area contributed by atoms with Gasteiger partial charge in [-0.15, -0.1) is 5.10 Å². The van der Waals surface area contributed by atoms with Crippen molar-refractivity contribution in [1.29, 1.82) is 0 Å². The van der Waals surface area contributed by atoms with Gasteiger partial charge in [0.15, 0.2) is 0 Å². The number of amides is 1. The first-order valence-electron chi connectivity index (χ1n) is 6.86. The van der Waals surface area contributed by atoms with E-state index in [2.05, 4.69) is 15.5 Å². The zero-order valence-electron chi connectivity index (χ0n) is 12.7. The zero-order chi connectivity index (χ0) is 16.3. The van der Waals surface area contributed by atoms with Crippen LogP contribution in [0.25, 0.3) is 5.69 Å². The second kappa shape index (κ2) is 6.41. The minimum absolute atomic E-state index is 0.212. The lowest BCUT2D eigenvalue weighted by Gasteiger charge is -2.28. The number of tetrazole rings is 1. The summed E-state index contributed by atoms with van der Waals surface area (Å²) in [6.45, 7) is 5.84. The molecule has 1 aromatic carbocycles. The molecule has 1 aromatic heterocycles. The molecule has 0 saturated heterocycles. The standard InChI is InChI=1S/C14H18ClN5O2/c1-4-19(8-14(2,3)22)13(21)11-7-10(15)5-6-12(11)20-9-16-17-18-20/h5-7,9,22H,4,8H2,1-3H3. The predicted octanol–water partition coefficient (Wildman–Crippen LogP) is 1.55. The second-order valence-electron chi connectivity index (χ2n) is 5.55. The lowest BCUT2D eigenvalue weighted by Crippen LogP contribution is -2.42. The fourth-order valence-corrected chi connectivity index (χ4v) is 2.29. The third-order valence-electron chi connectivity index (χ3n) is 3.03. The Bertz CT molecular complexity index is 652. The summed E-state index contributed by atoms with van der Waals surface area (Å²) in [5, 5.41) is 21.4. The summed E-state index contributed by atoms with van der Waals surface area (Å²) in [6.07, 6.45) is 1.41. The minimum Gasteiger partial charge on any atom is -0.389 e. The molecule has 0 aliphatic rings. The van der Waals surface area contributed by atoms with Crippen molar-refractivity contribution < 1.29 is 9.90 Å². The minimum atomic E-state index is -0.987. The summed E-state index contributed by atoms with van der Waals surface area (Å²) in [4.78, 5) is 14.4. The van der Waals surface area contributed by atoms with Crippen molar-refractivity contribution in [2.24, 2.45) is 0 Å². The summed E-state index contributed by atoms with van der Waals surface area (Å²) in [5.74, 6) is -0.238. The molecule has 0 spiro atoms. The van der Waals surface area contributed by atoms with Crippen LogP contribution in [0.2, 0.25) is 5.02 Å². The monoisotopic (exact) mass is 323 g/mol. The van der Waals surface area contributed by atoms with Crippen LogP contribution in [-0.4, -0.2) is 54.8 Å². The van der Waals surface area contributed by atoms with Crippen molar-refractivity contribution >= 4 is 17.5 Å². The van der Waals surface area contributed by atoms with Crippen LogP contribution in [0.1, 0.15) is 31.1 Å². The summed E-state index contributed by atoms with van der Waals surface area (Å²) in [7, 11) is 0. The summed E-state index contributed by atoms with van der Waals surface area (Å²) >= 11 is 6.02. The van der Waals surface area contributed by atoms with Gasteiger partial charge in [0, 0.05) is 18.1 Å². The average Bonchev–Trinajstić information content (AvgIpc) is 2.97. The molecule has 0 bridgehead atoms. The van der Waals surface area contributed by atoms with E-state index in [0.29, 0.717) is 22.8 Å². The molecule has 1 heterocycles. The molecule has 0 radical (unpaired) electrons. The van der Waals surface area contributed by atoms with E-state index in [-0.39, 0.29) is 12.5 Å². The highest BCUT2D eigenvalue weighted by Crippen LogP contribution is 2.21. The van der Waals surface area contributed by atoms with Crippen molar-refractivity contribution in [3.63, 3.8) is 0 Å². The molecule has 8 heteroatoms. The fraction of sp³-hybridized carbons (Fsp3) is 0.429. The van der Waals surface area contributed by atoms with E-state index in [4.69, 9.17) is 11.6 Å². The third kappa shape index (κ3) is 3.80. The molecule has 0 aliphatic heterocycles. The van der Waals surface area contributed by atoms with Crippen LogP contribution in [0.5, 0.6) is 0 Å². The van der Waals surface area contributed by atoms with Crippen molar-refractivity contribution in [3.05, 3.63) is 35.1 Å². The number of hydrogen-bond donors (Lipinski definition) is 1. The normalized spacial score (nSPS) is 11.5. The smallest absolute Gasteiger partial charge is 0.256 e. The molecule has 0 unspecified atom stereocenters. The SMILES string of the molecule is CCN(CC(C)(C)O)C(=O)c1cc(Cl)ccc1-n1cnnn1. The molecule has 0 saturated carbocycles. The quantitative estimate of drug-likeness (QED) is 0.902. The zero-order valence-corrected chi connectivity index (χ0v) is 13.4. The van der Waals surface area contributed by atoms with Crippen LogP contribution in [0.4, 0.5) is 0 Å². The van der Waals surface area contributed by atoms with E-state index in [1.54, 1.807) is 36.9 Å². The molecule has 2 rings (SSSR count). The van der Waals surface area contributed by atoms with Crippen LogP contribution in [0.3, 0.4) is 0 Å². The molecule has 22 heavy (non-hydrogen) atoms. The number of rotatable bonds is 5. The molecular formula is C14H18ClN5O2. The van der Waals surface area contributed by atoms with Gasteiger partial charge in [-0.25, -0.2) is 0 Å². The number of benzene rings is 1. The number of hydrogen-bond acceptors (Lipinski definition) is 5. The Balaban J connectivity index is 2.42. The van der Waals surface area contributed by atoms with E-state index in [1.807, 2.05) is 6.92 Å². The molecular weight excluding hydrogens is 306 g/mol. The Morgan fingerprint density at radius 2 is 2.18 bits per heavy atom. The summed E-state index contributed by atoms with van der Waals surface area (Å²) in [6, 6.07) is 4.93. The molecule has 0 fully saturated rings. The highest BCUT2D eigenvalue weighted by molar-refractivity contribution is 6.31. The van der Waals surface area contributed by atoms with Gasteiger partial charge in [0.05, 0.1) is 16.9 Å². The second-order valence-corrected chi connectivity index (χ2v) is 5.98. The van der Waals surface area contributed by atoms with Gasteiger partial charge in [-0.3, -0.25) is 4.79 Å². The van der Waals surface area contributed by atoms with Gasteiger partial charge in [-0.1, -0.05) is 11.6 Å². The van der Waals surface area contributed by atoms with Crippen LogP contribution < -0.4 is 0 Å². The molecule has 0 aliphatic carbocycles. The van der Waals surface area contributed by atoms with Crippen molar-refractivity contribution in [2.45, 2.75) is 26.4 Å². The first kappa shape index (κ1) is 16.4. The molecule has 2 aromatic rings. The van der Waals surface area contributed by atoms with Gasteiger partial charge in [0.25, 0.3) is 5.91 Å². The molecule has 7 nitrogen and oxygen atoms in total. The third-order valence-corrected chi connectivity index (χ3v) is 3.27. The Labute approximate surface area is 133 Å². The lowest BCUT2D eigenvalue weighted by molar-refractivity contribution is 0.0314. The Morgan fingerprint density at radius 3 is 2.73 bits per heavy atom. The molecule has 1 N–H and O–H groups in total. The Morgan fingerprint density at radius 1 is 1.45 bits per heavy atom. The number of aromatic nitrogens is 4. The molecule has 0 atom stereocenters. The van der Waals surface area contributed by atoms with E-state index >= 15 is 0 Å². The van der Waals surface area contributed by atoms with Crippen molar-refractivity contribution in [2.75, 3.05) is 13.1 Å². The van der Waals surface area contributed by atoms with Gasteiger partial charge in [0.1, 0.15) is 6.33 Å². The number of carbonyl (C=O) groups excluding carboxylic acids is 1. The number of aliphatic hydroxyl groups is 1. The van der Waals surface area contributed by atoms with Crippen molar-refractivity contribution in [3.8, 4) is 5.69 Å². The van der Waals surface area contributed by atoms with Crippen LogP contribution in [0, 0.1) is 0 Å². The fourth-order valence-electron chi connectivity index (χ4n) is 2.12. The van der Waals surface area contributed by atoms with Crippen LogP contribution in [0.15, 0.2) is 24.5 Å². The van der Waals surface area contributed by atoms with E-state index in [9.17, 15) is 9.90 Å². The first-order chi connectivity index (χ1) is 10.3. The first-order valence-corrected chi connectivity index (χ1v) is 7.24. The maximum Gasteiger partial charge on any atom is 0.256 e. The maximum absolute atomic E-state index is 12.8. The Kier molecular flexibility index (Phi) is 4.77. The van der Waals surface area contributed by atoms with Gasteiger partial charge in [-0.05, 0) is 49.4 Å². The van der Waals surface area contributed by atoms with Gasteiger partial charge >= 0.3 is 0 Å². The van der Waals surface area contributed by atoms with E-state index in [0.717, 1.165) is 0 Å². The summed E-state index contributed by atoms with van der Waals surface area (Å²) in [5.41, 5.74) is -0.0707. The topological polar surface area (TPSA) is 84.1 Å². The highest BCUT2D eigenvalue weighted by Gasteiger charge is 2.24. The van der Waals surface area contributed by atoms with Gasteiger partial charge < -0.3 is 10.0 Å². The molecule has 118 valence electrons. The number of carbonyl (C=O) groups is 1. The number of halogens is 1. The number of nitrogens with zero attached hydrogens (tertiary/aromatic N) is 5.